The van der Waals surface area contributed by atoms with Crippen LogP contribution in [0.5, 0.6) is 0 Å². The van der Waals surface area contributed by atoms with Crippen molar-refractivity contribution in [3.63, 3.8) is 0 Å². The van der Waals surface area contributed by atoms with Gasteiger partial charge in [0.05, 0.1) is 11.0 Å². The molecule has 2 aromatic carbocycles. The first-order chi connectivity index (χ1) is 11.7. The van der Waals surface area contributed by atoms with E-state index in [4.69, 9.17) is 0 Å². The number of nitrogens with one attached hydrogen (secondary N) is 1. The van der Waals surface area contributed by atoms with E-state index in [-0.39, 0.29) is 5.91 Å². The highest BCUT2D eigenvalue weighted by molar-refractivity contribution is 6.04. The number of nitrogens with zero attached hydrogens (tertiary/aromatic N) is 2. The number of benzene rings is 2. The monoisotopic (exact) mass is 323 g/mol. The van der Waals surface area contributed by atoms with Crippen LogP contribution in [-0.2, 0) is 0 Å². The van der Waals surface area contributed by atoms with Crippen LogP contribution in [0.25, 0.3) is 11.0 Å². The van der Waals surface area contributed by atoms with E-state index in [0.717, 1.165) is 23.9 Å². The Morgan fingerprint density at radius 1 is 1.12 bits per heavy atom. The fourth-order valence-electron chi connectivity index (χ4n) is 3.47. The number of imidazole rings is 1. The van der Waals surface area contributed by atoms with Crippen LogP contribution in [-0.4, -0.2) is 15.5 Å². The summed E-state index contributed by atoms with van der Waals surface area (Å²) in [6, 6.07) is 13.9. The minimum Gasteiger partial charge on any atom is -0.307 e. The minimum atomic E-state index is -0.424. The van der Waals surface area contributed by atoms with Crippen LogP contribution < -0.4 is 5.32 Å². The van der Waals surface area contributed by atoms with Gasteiger partial charge in [0.25, 0.3) is 5.91 Å². The number of halogens is 1. The maximum Gasteiger partial charge on any atom is 0.258 e. The molecule has 1 aliphatic rings. The van der Waals surface area contributed by atoms with Gasteiger partial charge in [-0.1, -0.05) is 31.0 Å². The zero-order chi connectivity index (χ0) is 16.5. The molecule has 5 heteroatoms. The molecule has 1 aromatic heterocycles. The van der Waals surface area contributed by atoms with Gasteiger partial charge in [0.2, 0.25) is 5.95 Å². The summed E-state index contributed by atoms with van der Waals surface area (Å²) in [4.78, 5) is 17.1. The average Bonchev–Trinajstić information content (AvgIpc) is 3.21. The second-order valence-corrected chi connectivity index (χ2v) is 6.20. The smallest absolute Gasteiger partial charge is 0.258 e. The van der Waals surface area contributed by atoms with Gasteiger partial charge in [0, 0.05) is 11.6 Å². The number of carbonyl (C=O) groups is 1. The molecule has 0 unspecified atom stereocenters. The van der Waals surface area contributed by atoms with Gasteiger partial charge < -0.3 is 4.57 Å². The van der Waals surface area contributed by atoms with Crippen molar-refractivity contribution in [1.29, 1.82) is 0 Å². The van der Waals surface area contributed by atoms with Crippen molar-refractivity contribution in [2.24, 2.45) is 0 Å². The van der Waals surface area contributed by atoms with E-state index in [1.807, 2.05) is 24.3 Å². The summed E-state index contributed by atoms with van der Waals surface area (Å²) in [6.07, 6.45) is 4.55. The van der Waals surface area contributed by atoms with Gasteiger partial charge in [-0.15, -0.1) is 0 Å². The Kier molecular flexibility index (Phi) is 3.76. The van der Waals surface area contributed by atoms with Crippen LogP contribution in [0.15, 0.2) is 48.5 Å². The average molecular weight is 323 g/mol. The van der Waals surface area contributed by atoms with Crippen LogP contribution >= 0.6 is 0 Å². The van der Waals surface area contributed by atoms with E-state index in [9.17, 15) is 9.18 Å². The molecule has 3 aromatic rings. The molecule has 122 valence electrons. The summed E-state index contributed by atoms with van der Waals surface area (Å²) in [6.45, 7) is 0. The molecule has 1 N–H and O–H groups in total. The lowest BCUT2D eigenvalue weighted by Gasteiger charge is -2.16. The lowest BCUT2D eigenvalue weighted by Crippen LogP contribution is -2.17. The molecule has 24 heavy (non-hydrogen) atoms. The van der Waals surface area contributed by atoms with Gasteiger partial charge in [-0.3, -0.25) is 10.1 Å². The zero-order valence-electron chi connectivity index (χ0n) is 13.2. The number of amides is 1. The third-order valence-corrected chi connectivity index (χ3v) is 4.60. The molecule has 1 aliphatic carbocycles. The molecule has 0 radical (unpaired) electrons. The van der Waals surface area contributed by atoms with Crippen LogP contribution in [0.1, 0.15) is 42.1 Å². The Morgan fingerprint density at radius 3 is 2.71 bits per heavy atom. The minimum absolute atomic E-state index is 0.292. The van der Waals surface area contributed by atoms with Gasteiger partial charge in [-0.25, -0.2) is 9.37 Å². The summed E-state index contributed by atoms with van der Waals surface area (Å²) < 4.78 is 15.5. The van der Waals surface area contributed by atoms with Gasteiger partial charge >= 0.3 is 0 Å². The SMILES string of the molecule is O=C(Nc1nc2ccccc2n1C1CCCC1)c1cccc(F)c1. The number of aromatic nitrogens is 2. The standard InChI is InChI=1S/C19H18FN3O/c20-14-7-5-6-13(12-14)18(24)22-19-21-16-10-3-4-11-17(16)23(19)15-8-1-2-9-15/h3-7,10-12,15H,1-2,8-9H2,(H,21,22,24). The molecule has 4 nitrogen and oxygen atoms in total. The molecule has 4 rings (SSSR count). The van der Waals surface area contributed by atoms with Crippen LogP contribution in [0, 0.1) is 5.82 Å². The van der Waals surface area contributed by atoms with Crippen molar-refractivity contribution in [3.05, 3.63) is 59.9 Å². The molecular formula is C19H18FN3O. The molecule has 0 bridgehead atoms. The molecule has 1 heterocycles. The van der Waals surface area contributed by atoms with Crippen LogP contribution in [0.2, 0.25) is 0 Å². The van der Waals surface area contributed by atoms with Crippen molar-refractivity contribution in [2.75, 3.05) is 5.32 Å². The van der Waals surface area contributed by atoms with Gasteiger partial charge in [0.15, 0.2) is 0 Å². The van der Waals surface area contributed by atoms with Gasteiger partial charge in [-0.2, -0.15) is 0 Å². The number of rotatable bonds is 3. The molecule has 0 atom stereocenters. The molecule has 1 saturated carbocycles. The maximum atomic E-state index is 13.4. The Labute approximate surface area is 139 Å². The quantitative estimate of drug-likeness (QED) is 0.769. The Bertz CT molecular complexity index is 897. The van der Waals surface area contributed by atoms with E-state index in [2.05, 4.69) is 14.9 Å². The van der Waals surface area contributed by atoms with E-state index in [1.165, 1.54) is 31.0 Å². The number of hydrogen-bond donors (Lipinski definition) is 1. The Balaban J connectivity index is 1.73. The van der Waals surface area contributed by atoms with E-state index >= 15 is 0 Å². The summed E-state index contributed by atoms with van der Waals surface area (Å²) in [5, 5.41) is 2.87. The lowest BCUT2D eigenvalue weighted by atomic mass is 10.2. The number of hydrogen-bond acceptors (Lipinski definition) is 2. The Hall–Kier alpha value is -2.69. The zero-order valence-corrected chi connectivity index (χ0v) is 13.2. The predicted octanol–water partition coefficient (Wildman–Crippen LogP) is 4.54. The Morgan fingerprint density at radius 2 is 1.92 bits per heavy atom. The van der Waals surface area contributed by atoms with Crippen molar-refractivity contribution in [1.82, 2.24) is 9.55 Å². The van der Waals surface area contributed by atoms with E-state index in [0.29, 0.717) is 17.6 Å². The number of carbonyl (C=O) groups excluding carboxylic acids is 1. The van der Waals surface area contributed by atoms with Crippen LogP contribution in [0.4, 0.5) is 10.3 Å². The number of para-hydroxylation sites is 2. The second kappa shape index (κ2) is 6.07. The normalized spacial score (nSPS) is 15.0. The van der Waals surface area contributed by atoms with Gasteiger partial charge in [-0.05, 0) is 43.2 Å². The molecule has 0 aliphatic heterocycles. The van der Waals surface area contributed by atoms with Crippen LogP contribution in [0.3, 0.4) is 0 Å². The fraction of sp³-hybridized carbons (Fsp3) is 0.263. The van der Waals surface area contributed by atoms with Crippen molar-refractivity contribution in [3.8, 4) is 0 Å². The molecule has 1 amide bonds. The number of fused-ring (bicyclic) bond motifs is 1. The maximum absolute atomic E-state index is 13.4. The predicted molar refractivity (Wildman–Crippen MR) is 91.6 cm³/mol. The summed E-state index contributed by atoms with van der Waals surface area (Å²) in [5.74, 6) is -0.228. The van der Waals surface area contributed by atoms with E-state index < -0.39 is 5.82 Å². The first kappa shape index (κ1) is 14.9. The summed E-state index contributed by atoms with van der Waals surface area (Å²) in [7, 11) is 0. The third-order valence-electron chi connectivity index (χ3n) is 4.60. The first-order valence-electron chi connectivity index (χ1n) is 8.26. The van der Waals surface area contributed by atoms with Crippen molar-refractivity contribution >= 4 is 22.9 Å². The largest absolute Gasteiger partial charge is 0.307 e. The molecular weight excluding hydrogens is 305 g/mol. The van der Waals surface area contributed by atoms with E-state index in [1.54, 1.807) is 6.07 Å². The fourth-order valence-corrected chi connectivity index (χ4v) is 3.47. The molecule has 0 spiro atoms. The highest BCUT2D eigenvalue weighted by atomic mass is 19.1. The highest BCUT2D eigenvalue weighted by Crippen LogP contribution is 2.35. The third kappa shape index (κ3) is 2.66. The molecule has 0 saturated heterocycles. The summed E-state index contributed by atoms with van der Waals surface area (Å²) >= 11 is 0. The second-order valence-electron chi connectivity index (χ2n) is 6.20. The highest BCUT2D eigenvalue weighted by Gasteiger charge is 2.23. The summed E-state index contributed by atoms with van der Waals surface area (Å²) in [5.41, 5.74) is 2.18. The first-order valence-corrected chi connectivity index (χ1v) is 8.26. The topological polar surface area (TPSA) is 46.9 Å². The van der Waals surface area contributed by atoms with Gasteiger partial charge in [0.1, 0.15) is 5.82 Å². The molecule has 1 fully saturated rings. The van der Waals surface area contributed by atoms with Crippen molar-refractivity contribution < 1.29 is 9.18 Å². The lowest BCUT2D eigenvalue weighted by molar-refractivity contribution is 0.102. The number of anilines is 1. The van der Waals surface area contributed by atoms with Crippen molar-refractivity contribution in [2.45, 2.75) is 31.7 Å².